The first-order valence-electron chi connectivity index (χ1n) is 11.5. The van der Waals surface area contributed by atoms with E-state index in [0.29, 0.717) is 30.0 Å². The molecule has 0 bridgehead atoms. The van der Waals surface area contributed by atoms with E-state index in [0.717, 1.165) is 18.9 Å². The van der Waals surface area contributed by atoms with Gasteiger partial charge in [-0.2, -0.15) is 5.10 Å². The van der Waals surface area contributed by atoms with Gasteiger partial charge in [-0.25, -0.2) is 4.98 Å². The predicted molar refractivity (Wildman–Crippen MR) is 130 cm³/mol. The monoisotopic (exact) mass is 468 g/mol. The van der Waals surface area contributed by atoms with Gasteiger partial charge in [0.15, 0.2) is 6.17 Å². The molecule has 34 heavy (non-hydrogen) atoms. The molecule has 0 saturated carbocycles. The van der Waals surface area contributed by atoms with E-state index in [1.807, 2.05) is 39.8 Å². The Balaban J connectivity index is 1.80. The van der Waals surface area contributed by atoms with Gasteiger partial charge in [-0.15, -0.1) is 0 Å². The molecule has 1 unspecified atom stereocenters. The van der Waals surface area contributed by atoms with Crippen molar-refractivity contribution >= 4 is 23.2 Å². The summed E-state index contributed by atoms with van der Waals surface area (Å²) in [6.45, 7) is 10.6. The number of hydrazone groups is 1. The van der Waals surface area contributed by atoms with Crippen LogP contribution in [-0.2, 0) is 9.53 Å². The van der Waals surface area contributed by atoms with Crippen LogP contribution in [0.3, 0.4) is 0 Å². The topological polar surface area (TPSA) is 128 Å². The van der Waals surface area contributed by atoms with Gasteiger partial charge in [0.25, 0.3) is 5.91 Å². The Kier molecular flexibility index (Phi) is 6.52. The number of carbonyl (C=O) groups is 1. The van der Waals surface area contributed by atoms with Crippen LogP contribution in [0.2, 0.25) is 0 Å². The lowest BCUT2D eigenvalue weighted by atomic mass is 9.97. The van der Waals surface area contributed by atoms with Crippen LogP contribution in [-0.4, -0.2) is 64.3 Å². The van der Waals surface area contributed by atoms with Crippen LogP contribution in [0.4, 0.5) is 11.5 Å². The summed E-state index contributed by atoms with van der Waals surface area (Å²) in [5.74, 6) is 0.125. The van der Waals surface area contributed by atoms with E-state index in [-0.39, 0.29) is 29.3 Å². The molecule has 2 aromatic rings. The van der Waals surface area contributed by atoms with Crippen molar-refractivity contribution in [1.29, 1.82) is 0 Å². The summed E-state index contributed by atoms with van der Waals surface area (Å²) >= 11 is 0. The number of benzene rings is 1. The largest absolute Gasteiger partial charge is 0.508 e. The SMILES string of the molecule is CC(C)c1cc(C2N(c3ccc(N4CCOCC4)nc3)C(C(N)=O)=NN2C(C)C)c(O)cc1O. The van der Waals surface area contributed by atoms with E-state index in [4.69, 9.17) is 10.5 Å². The zero-order valence-corrected chi connectivity index (χ0v) is 20.0. The maximum atomic E-state index is 12.4. The van der Waals surface area contributed by atoms with Crippen molar-refractivity contribution in [2.45, 2.75) is 45.8 Å². The molecule has 182 valence electrons. The van der Waals surface area contributed by atoms with Gasteiger partial charge in [0.05, 0.1) is 25.1 Å². The number of aromatic hydroxyl groups is 2. The van der Waals surface area contributed by atoms with Crippen molar-refractivity contribution in [3.63, 3.8) is 0 Å². The zero-order valence-electron chi connectivity index (χ0n) is 20.0. The molecule has 1 saturated heterocycles. The number of amidine groups is 1. The maximum Gasteiger partial charge on any atom is 0.286 e. The number of hydrogen-bond donors (Lipinski definition) is 3. The average molecular weight is 469 g/mol. The van der Waals surface area contributed by atoms with Gasteiger partial charge in [0.1, 0.15) is 17.3 Å². The van der Waals surface area contributed by atoms with E-state index >= 15 is 0 Å². The third kappa shape index (κ3) is 4.33. The lowest BCUT2D eigenvalue weighted by molar-refractivity contribution is -0.112. The minimum atomic E-state index is -0.687. The summed E-state index contributed by atoms with van der Waals surface area (Å²) in [4.78, 5) is 20.9. The molecule has 0 spiro atoms. The van der Waals surface area contributed by atoms with Crippen molar-refractivity contribution in [1.82, 2.24) is 9.99 Å². The lowest BCUT2D eigenvalue weighted by Crippen LogP contribution is -2.42. The molecular weight excluding hydrogens is 436 g/mol. The van der Waals surface area contributed by atoms with Crippen LogP contribution in [0.1, 0.15) is 50.9 Å². The van der Waals surface area contributed by atoms with E-state index in [9.17, 15) is 15.0 Å². The highest BCUT2D eigenvalue weighted by molar-refractivity contribution is 6.43. The number of morpholine rings is 1. The number of phenols is 2. The van der Waals surface area contributed by atoms with Gasteiger partial charge in [0.2, 0.25) is 5.84 Å². The number of nitrogens with zero attached hydrogens (tertiary/aromatic N) is 5. The Morgan fingerprint density at radius 3 is 2.38 bits per heavy atom. The van der Waals surface area contributed by atoms with Gasteiger partial charge in [0, 0.05) is 30.8 Å². The molecule has 1 aromatic heterocycles. The molecule has 3 heterocycles. The summed E-state index contributed by atoms with van der Waals surface area (Å²) in [6.07, 6.45) is 1.03. The van der Waals surface area contributed by atoms with Crippen LogP contribution in [0.15, 0.2) is 35.6 Å². The Labute approximate surface area is 199 Å². The molecule has 2 aliphatic rings. The van der Waals surface area contributed by atoms with Gasteiger partial charge < -0.3 is 25.6 Å². The maximum absolute atomic E-state index is 12.4. The van der Waals surface area contributed by atoms with E-state index in [1.54, 1.807) is 22.2 Å². The number of rotatable bonds is 6. The third-order valence-corrected chi connectivity index (χ3v) is 6.10. The lowest BCUT2D eigenvalue weighted by Gasteiger charge is -2.34. The fourth-order valence-electron chi connectivity index (χ4n) is 4.34. The molecule has 10 heteroatoms. The van der Waals surface area contributed by atoms with Crippen molar-refractivity contribution in [3.05, 3.63) is 41.6 Å². The molecule has 2 aliphatic heterocycles. The van der Waals surface area contributed by atoms with Crippen LogP contribution < -0.4 is 15.5 Å². The summed E-state index contributed by atoms with van der Waals surface area (Å²) < 4.78 is 5.42. The van der Waals surface area contributed by atoms with Crippen molar-refractivity contribution in [3.8, 4) is 11.5 Å². The number of carbonyl (C=O) groups excluding carboxylic acids is 1. The molecule has 4 rings (SSSR count). The number of hydrogen-bond acceptors (Lipinski definition) is 9. The Morgan fingerprint density at radius 1 is 1.12 bits per heavy atom. The number of phenolic OH excluding ortho intramolecular Hbond substituents is 2. The second-order valence-corrected chi connectivity index (χ2v) is 9.10. The highest BCUT2D eigenvalue weighted by Gasteiger charge is 2.41. The summed E-state index contributed by atoms with van der Waals surface area (Å²) in [5.41, 5.74) is 7.54. The van der Waals surface area contributed by atoms with Gasteiger partial charge in [-0.1, -0.05) is 13.8 Å². The Hall–Kier alpha value is -3.53. The highest BCUT2D eigenvalue weighted by Crippen LogP contribution is 2.43. The number of pyridine rings is 1. The minimum Gasteiger partial charge on any atom is -0.508 e. The summed E-state index contributed by atoms with van der Waals surface area (Å²) in [7, 11) is 0. The van der Waals surface area contributed by atoms with Crippen molar-refractivity contribution < 1.29 is 19.7 Å². The molecule has 10 nitrogen and oxygen atoms in total. The molecular formula is C24H32N6O4. The molecule has 1 fully saturated rings. The quantitative estimate of drug-likeness (QED) is 0.590. The number of primary amides is 1. The van der Waals surface area contributed by atoms with E-state index in [1.165, 1.54) is 6.07 Å². The van der Waals surface area contributed by atoms with Crippen LogP contribution in [0, 0.1) is 0 Å². The molecule has 1 atom stereocenters. The first-order chi connectivity index (χ1) is 16.2. The first-order valence-corrected chi connectivity index (χ1v) is 11.5. The second-order valence-electron chi connectivity index (χ2n) is 9.10. The van der Waals surface area contributed by atoms with Crippen LogP contribution in [0.25, 0.3) is 0 Å². The average Bonchev–Trinajstić information content (AvgIpc) is 3.21. The number of nitrogens with two attached hydrogens (primary N) is 1. The Bertz CT molecular complexity index is 1080. The number of amides is 1. The zero-order chi connectivity index (χ0) is 24.6. The smallest absolute Gasteiger partial charge is 0.286 e. The second kappa shape index (κ2) is 9.38. The molecule has 1 aromatic carbocycles. The van der Waals surface area contributed by atoms with Crippen molar-refractivity contribution in [2.75, 3.05) is 36.1 Å². The Morgan fingerprint density at radius 2 is 1.82 bits per heavy atom. The normalized spacial score (nSPS) is 18.7. The minimum absolute atomic E-state index is 0.0180. The first kappa shape index (κ1) is 23.6. The summed E-state index contributed by atoms with van der Waals surface area (Å²) in [5, 5.41) is 27.5. The fourth-order valence-corrected chi connectivity index (χ4v) is 4.34. The van der Waals surface area contributed by atoms with Crippen LogP contribution in [0.5, 0.6) is 11.5 Å². The molecule has 0 radical (unpaired) electrons. The molecule has 4 N–H and O–H groups in total. The standard InChI is InChI=1S/C24H32N6O4/c1-14(2)17-11-18(20(32)12-19(17)31)24-29(23(22(25)33)27-30(24)15(3)4)16-5-6-21(26-13-16)28-7-9-34-10-8-28/h5-6,11-15,24,31-32H,7-10H2,1-4H3,(H2,25,33). The van der Waals surface area contributed by atoms with E-state index in [2.05, 4.69) is 15.0 Å². The van der Waals surface area contributed by atoms with Crippen molar-refractivity contribution in [2.24, 2.45) is 10.8 Å². The predicted octanol–water partition coefficient (Wildman–Crippen LogP) is 2.48. The van der Waals surface area contributed by atoms with Gasteiger partial charge >= 0.3 is 0 Å². The number of anilines is 2. The van der Waals surface area contributed by atoms with Crippen LogP contribution >= 0.6 is 0 Å². The summed E-state index contributed by atoms with van der Waals surface area (Å²) in [6, 6.07) is 6.75. The number of ether oxygens (including phenoxy) is 1. The third-order valence-electron chi connectivity index (χ3n) is 6.10. The fraction of sp³-hybridized carbons (Fsp3) is 0.458. The number of aromatic nitrogens is 1. The highest BCUT2D eigenvalue weighted by atomic mass is 16.5. The molecule has 0 aliphatic carbocycles. The van der Waals surface area contributed by atoms with Gasteiger partial charge in [-0.05, 0) is 43.5 Å². The van der Waals surface area contributed by atoms with E-state index < -0.39 is 12.1 Å². The molecule has 1 amide bonds. The van der Waals surface area contributed by atoms with Gasteiger partial charge in [-0.3, -0.25) is 14.7 Å².